The van der Waals surface area contributed by atoms with Crippen molar-refractivity contribution in [2.75, 3.05) is 30.0 Å². The highest BCUT2D eigenvalue weighted by molar-refractivity contribution is 8.27. The summed E-state index contributed by atoms with van der Waals surface area (Å²) in [5, 5.41) is 0. The third-order valence-corrected chi connectivity index (χ3v) is 5.76. The van der Waals surface area contributed by atoms with Gasteiger partial charge in [-0.1, -0.05) is 42.2 Å². The zero-order valence-electron chi connectivity index (χ0n) is 15.6. The molecular weight excluding hydrogens is 376 g/mol. The number of carbonyl (C=O) groups excluding carboxylic acids is 1. The Morgan fingerprint density at radius 1 is 1.11 bits per heavy atom. The van der Waals surface area contributed by atoms with E-state index < -0.39 is 0 Å². The van der Waals surface area contributed by atoms with Gasteiger partial charge in [-0.15, -0.1) is 0 Å². The number of amides is 1. The van der Waals surface area contributed by atoms with Crippen LogP contribution in [0.5, 0.6) is 5.75 Å². The van der Waals surface area contributed by atoms with Crippen LogP contribution < -0.4 is 14.5 Å². The monoisotopic (exact) mass is 398 g/mol. The number of carbonyl (C=O) groups is 1. The summed E-state index contributed by atoms with van der Waals surface area (Å²) in [4.78, 5) is 17.4. The summed E-state index contributed by atoms with van der Waals surface area (Å²) < 4.78 is 5.91. The van der Waals surface area contributed by atoms with Crippen molar-refractivity contribution in [3.63, 3.8) is 0 Å². The molecule has 1 amide bonds. The Hall–Kier alpha value is -2.31. The van der Waals surface area contributed by atoms with Crippen molar-refractivity contribution in [2.24, 2.45) is 0 Å². The lowest BCUT2D eigenvalue weighted by molar-refractivity contribution is -0.113. The zero-order valence-corrected chi connectivity index (χ0v) is 17.3. The van der Waals surface area contributed by atoms with Crippen molar-refractivity contribution in [1.82, 2.24) is 0 Å². The number of methoxy groups -OCH3 is 1. The summed E-state index contributed by atoms with van der Waals surface area (Å²) in [5.41, 5.74) is 2.79. The van der Waals surface area contributed by atoms with Crippen LogP contribution in [0.1, 0.15) is 19.4 Å². The molecule has 1 aliphatic rings. The van der Waals surface area contributed by atoms with Gasteiger partial charge >= 0.3 is 0 Å². The van der Waals surface area contributed by atoms with Gasteiger partial charge in [0.25, 0.3) is 5.91 Å². The fourth-order valence-corrected chi connectivity index (χ4v) is 4.31. The Balaban J connectivity index is 1.87. The molecule has 0 bridgehead atoms. The molecule has 2 aromatic carbocycles. The molecule has 0 unspecified atom stereocenters. The smallest absolute Gasteiger partial charge is 0.270 e. The average Bonchev–Trinajstić information content (AvgIpc) is 2.97. The molecule has 4 nitrogen and oxygen atoms in total. The fourth-order valence-electron chi connectivity index (χ4n) is 3.02. The molecule has 0 saturated carbocycles. The van der Waals surface area contributed by atoms with E-state index in [-0.39, 0.29) is 5.91 Å². The molecule has 1 fully saturated rings. The standard InChI is InChI=1S/C21H22N2O2S2/c1-4-22(5-2)16-10-12-17(13-11-16)23-20(24)19(27-21(23)26)14-15-8-6-7-9-18(15)25-3/h6-14H,4-5H2,1-3H3. The summed E-state index contributed by atoms with van der Waals surface area (Å²) in [6.07, 6.45) is 1.84. The number of rotatable bonds is 6. The Morgan fingerprint density at radius 2 is 1.78 bits per heavy atom. The van der Waals surface area contributed by atoms with Gasteiger partial charge in [-0.05, 0) is 50.3 Å². The number of anilines is 2. The Bertz CT molecular complexity index is 874. The van der Waals surface area contributed by atoms with Gasteiger partial charge in [0.05, 0.1) is 17.7 Å². The summed E-state index contributed by atoms with van der Waals surface area (Å²) in [6, 6.07) is 15.6. The number of ether oxygens (including phenoxy) is 1. The van der Waals surface area contributed by atoms with Gasteiger partial charge in [-0.25, -0.2) is 0 Å². The van der Waals surface area contributed by atoms with Crippen molar-refractivity contribution in [3.8, 4) is 5.75 Å². The normalized spacial score (nSPS) is 15.5. The van der Waals surface area contributed by atoms with E-state index in [0.29, 0.717) is 9.23 Å². The quantitative estimate of drug-likeness (QED) is 0.508. The fraction of sp³-hybridized carbons (Fsp3) is 0.238. The van der Waals surface area contributed by atoms with Crippen LogP contribution >= 0.6 is 24.0 Å². The highest BCUT2D eigenvalue weighted by atomic mass is 32.2. The summed E-state index contributed by atoms with van der Waals surface area (Å²) >= 11 is 6.78. The lowest BCUT2D eigenvalue weighted by Gasteiger charge is -2.22. The van der Waals surface area contributed by atoms with Gasteiger partial charge in [0.1, 0.15) is 5.75 Å². The zero-order chi connectivity index (χ0) is 19.4. The molecule has 0 atom stereocenters. The SMILES string of the molecule is CCN(CC)c1ccc(N2C(=O)C(=Cc3ccccc3OC)SC2=S)cc1. The van der Waals surface area contributed by atoms with Crippen molar-refractivity contribution >= 4 is 51.7 Å². The average molecular weight is 399 g/mol. The van der Waals surface area contributed by atoms with E-state index in [4.69, 9.17) is 17.0 Å². The lowest BCUT2D eigenvalue weighted by Crippen LogP contribution is -2.27. The van der Waals surface area contributed by atoms with E-state index in [0.717, 1.165) is 35.8 Å². The first-order valence-electron chi connectivity index (χ1n) is 8.85. The molecule has 0 aromatic heterocycles. The molecule has 6 heteroatoms. The van der Waals surface area contributed by atoms with E-state index in [1.54, 1.807) is 12.0 Å². The first-order chi connectivity index (χ1) is 13.1. The molecule has 0 N–H and O–H groups in total. The molecule has 3 rings (SSSR count). The highest BCUT2D eigenvalue weighted by Crippen LogP contribution is 2.37. The molecular formula is C21H22N2O2S2. The maximum Gasteiger partial charge on any atom is 0.270 e. The first kappa shape index (κ1) is 19.5. The first-order valence-corrected chi connectivity index (χ1v) is 10.1. The van der Waals surface area contributed by atoms with Crippen LogP contribution in [0, 0.1) is 0 Å². The topological polar surface area (TPSA) is 32.8 Å². The molecule has 27 heavy (non-hydrogen) atoms. The van der Waals surface area contributed by atoms with Gasteiger partial charge in [-0.2, -0.15) is 0 Å². The largest absolute Gasteiger partial charge is 0.496 e. The van der Waals surface area contributed by atoms with Crippen molar-refractivity contribution in [3.05, 3.63) is 59.0 Å². The van der Waals surface area contributed by atoms with E-state index in [1.165, 1.54) is 11.8 Å². The third kappa shape index (κ3) is 4.01. The van der Waals surface area contributed by atoms with E-state index >= 15 is 0 Å². The minimum atomic E-state index is -0.105. The molecule has 2 aromatic rings. The van der Waals surface area contributed by atoms with E-state index in [9.17, 15) is 4.79 Å². The number of benzene rings is 2. The Kier molecular flexibility index (Phi) is 6.19. The number of hydrogen-bond donors (Lipinski definition) is 0. The Morgan fingerprint density at radius 3 is 2.41 bits per heavy atom. The predicted octanol–water partition coefficient (Wildman–Crippen LogP) is 4.95. The van der Waals surface area contributed by atoms with Gasteiger partial charge in [0.2, 0.25) is 0 Å². The maximum absolute atomic E-state index is 12.9. The predicted molar refractivity (Wildman–Crippen MR) is 119 cm³/mol. The minimum Gasteiger partial charge on any atom is -0.496 e. The minimum absolute atomic E-state index is 0.105. The summed E-state index contributed by atoms with van der Waals surface area (Å²) in [7, 11) is 1.62. The van der Waals surface area contributed by atoms with Crippen LogP contribution in [0.25, 0.3) is 6.08 Å². The highest BCUT2D eigenvalue weighted by Gasteiger charge is 2.33. The van der Waals surface area contributed by atoms with Crippen LogP contribution in [-0.2, 0) is 4.79 Å². The van der Waals surface area contributed by atoms with Crippen LogP contribution in [0.2, 0.25) is 0 Å². The summed E-state index contributed by atoms with van der Waals surface area (Å²) in [6.45, 7) is 6.14. The molecule has 0 aliphatic carbocycles. The maximum atomic E-state index is 12.9. The van der Waals surface area contributed by atoms with Crippen molar-refractivity contribution < 1.29 is 9.53 Å². The van der Waals surface area contributed by atoms with Crippen LogP contribution in [-0.4, -0.2) is 30.4 Å². The number of thioether (sulfide) groups is 1. The van der Waals surface area contributed by atoms with Crippen LogP contribution in [0.15, 0.2) is 53.4 Å². The Labute approximate surface area is 169 Å². The number of nitrogens with zero attached hydrogens (tertiary/aromatic N) is 2. The van der Waals surface area contributed by atoms with Crippen LogP contribution in [0.4, 0.5) is 11.4 Å². The second kappa shape index (κ2) is 8.59. The molecule has 1 heterocycles. The molecule has 1 aliphatic heterocycles. The number of hydrogen-bond acceptors (Lipinski definition) is 5. The van der Waals surface area contributed by atoms with Crippen LogP contribution in [0.3, 0.4) is 0 Å². The van der Waals surface area contributed by atoms with Crippen molar-refractivity contribution in [1.29, 1.82) is 0 Å². The molecule has 140 valence electrons. The van der Waals surface area contributed by atoms with Gasteiger partial charge in [-0.3, -0.25) is 9.69 Å². The second-order valence-corrected chi connectivity index (χ2v) is 7.62. The number of thiocarbonyl (C=S) groups is 1. The summed E-state index contributed by atoms with van der Waals surface area (Å²) in [5.74, 6) is 0.623. The molecule has 1 saturated heterocycles. The second-order valence-electron chi connectivity index (χ2n) is 5.95. The molecule has 0 spiro atoms. The van der Waals surface area contributed by atoms with Crippen molar-refractivity contribution in [2.45, 2.75) is 13.8 Å². The van der Waals surface area contributed by atoms with Gasteiger partial charge < -0.3 is 9.64 Å². The molecule has 0 radical (unpaired) electrons. The van der Waals surface area contributed by atoms with Gasteiger partial charge in [0.15, 0.2) is 4.32 Å². The van der Waals surface area contributed by atoms with E-state index in [1.807, 2.05) is 54.6 Å². The van der Waals surface area contributed by atoms with Gasteiger partial charge in [0, 0.05) is 24.3 Å². The third-order valence-electron chi connectivity index (χ3n) is 4.46. The lowest BCUT2D eigenvalue weighted by atomic mass is 10.2. The number of para-hydroxylation sites is 1. The van der Waals surface area contributed by atoms with E-state index in [2.05, 4.69) is 18.7 Å².